The first-order valence-corrected chi connectivity index (χ1v) is 6.36. The van der Waals surface area contributed by atoms with Crippen molar-refractivity contribution in [3.05, 3.63) is 0 Å². The average molecular weight is 216 g/mol. The van der Waals surface area contributed by atoms with Gasteiger partial charge in [-0.25, -0.2) is 0 Å². The highest BCUT2D eigenvalue weighted by atomic mass is 32.5. The smallest absolute Gasteiger partial charge is 0.321 e. The normalized spacial score (nSPS) is 11.5. The molecule has 0 saturated heterocycles. The van der Waals surface area contributed by atoms with Crippen LogP contribution in [0.15, 0.2) is 0 Å². The van der Waals surface area contributed by atoms with Gasteiger partial charge in [0.15, 0.2) is 5.12 Å². The summed E-state index contributed by atoms with van der Waals surface area (Å²) in [5.74, 6) is 0.398. The van der Waals surface area contributed by atoms with Crippen molar-refractivity contribution in [2.75, 3.05) is 12.4 Å². The number of rotatable bonds is 4. The fourth-order valence-corrected chi connectivity index (χ4v) is 1.47. The minimum atomic E-state index is -3.52. The van der Waals surface area contributed by atoms with Crippen molar-refractivity contribution in [1.82, 2.24) is 0 Å². The van der Waals surface area contributed by atoms with Crippen LogP contribution in [0.2, 0.25) is 0 Å². The molecule has 0 aromatic carbocycles. The van der Waals surface area contributed by atoms with Gasteiger partial charge in [-0.15, -0.1) is 0 Å². The zero-order valence-corrected chi connectivity index (χ0v) is 8.42. The monoisotopic (exact) mass is 216 g/mol. The van der Waals surface area contributed by atoms with Crippen LogP contribution in [0, 0.1) is 0 Å². The second kappa shape index (κ2) is 5.24. The van der Waals surface area contributed by atoms with Crippen LogP contribution in [0.1, 0.15) is 6.92 Å². The largest absolute Gasteiger partial charge is 0.325 e. The zero-order valence-electron chi connectivity index (χ0n) is 5.89. The third kappa shape index (κ3) is 10.6. The lowest BCUT2D eigenvalue weighted by Gasteiger charge is -2.06. The molecule has 0 fully saturated rings. The van der Waals surface area contributed by atoms with Gasteiger partial charge in [0.2, 0.25) is 0 Å². The molecule has 0 spiro atoms. The maximum absolute atomic E-state index is 10.3. The molecule has 0 aliphatic rings. The van der Waals surface area contributed by atoms with Gasteiger partial charge in [-0.05, 0) is 11.8 Å². The van der Waals surface area contributed by atoms with Crippen molar-refractivity contribution in [3.63, 3.8) is 0 Å². The maximum atomic E-state index is 10.3. The van der Waals surface area contributed by atoms with Crippen molar-refractivity contribution in [3.8, 4) is 0 Å². The fraction of sp³-hybridized carbons (Fsp3) is 0.750. The Bertz CT molecular complexity index is 177. The molecule has 0 aromatic rings. The van der Waals surface area contributed by atoms with Crippen LogP contribution in [-0.2, 0) is 21.1 Å². The van der Waals surface area contributed by atoms with Gasteiger partial charge in [-0.3, -0.25) is 4.79 Å². The summed E-state index contributed by atoms with van der Waals surface area (Å²) in [5.41, 5.74) is 0. The van der Waals surface area contributed by atoms with E-state index >= 15 is 0 Å². The number of thioether (sulfide) groups is 1. The first kappa shape index (κ1) is 11.6. The minimum Gasteiger partial charge on any atom is -0.325 e. The van der Waals surface area contributed by atoms with Gasteiger partial charge in [0.05, 0.1) is 6.61 Å². The lowest BCUT2D eigenvalue weighted by molar-refractivity contribution is -0.109. The molecule has 0 aliphatic carbocycles. The van der Waals surface area contributed by atoms with E-state index in [2.05, 4.69) is 16.3 Å². The molecule has 0 aliphatic heterocycles. The fourth-order valence-electron chi connectivity index (χ4n) is 0.342. The SMILES string of the molecule is CC(=O)SCCOP(O)(O)=S. The third-order valence-corrected chi connectivity index (χ3v) is 2.26. The van der Waals surface area contributed by atoms with E-state index in [1.807, 2.05) is 0 Å². The Labute approximate surface area is 74.2 Å². The van der Waals surface area contributed by atoms with E-state index in [9.17, 15) is 4.79 Å². The van der Waals surface area contributed by atoms with Crippen molar-refractivity contribution in [2.45, 2.75) is 6.92 Å². The molecule has 4 nitrogen and oxygen atoms in total. The van der Waals surface area contributed by atoms with Gasteiger partial charge in [-0.1, -0.05) is 11.8 Å². The summed E-state index contributed by atoms with van der Waals surface area (Å²) in [6.45, 7) is -2.00. The molecule has 0 heterocycles. The minimum absolute atomic E-state index is 0.0298. The summed E-state index contributed by atoms with van der Waals surface area (Å²) >= 11 is 5.23. The van der Waals surface area contributed by atoms with Gasteiger partial charge in [0, 0.05) is 12.7 Å². The molecule has 0 saturated carbocycles. The summed E-state index contributed by atoms with van der Waals surface area (Å²) < 4.78 is 4.44. The second-order valence-corrected chi connectivity index (χ2v) is 5.60. The molecule has 0 aromatic heterocycles. The molecule has 0 radical (unpaired) electrons. The van der Waals surface area contributed by atoms with Gasteiger partial charge >= 0.3 is 6.72 Å². The highest BCUT2D eigenvalue weighted by molar-refractivity contribution is 8.13. The maximum Gasteiger partial charge on any atom is 0.321 e. The van der Waals surface area contributed by atoms with E-state index in [1.54, 1.807) is 0 Å². The molecular formula is C4H9O4PS2. The van der Waals surface area contributed by atoms with E-state index in [0.29, 0.717) is 5.75 Å². The quantitative estimate of drug-likeness (QED) is 0.526. The van der Waals surface area contributed by atoms with Gasteiger partial charge < -0.3 is 14.3 Å². The molecule has 7 heteroatoms. The predicted octanol–water partition coefficient (Wildman–Crippen LogP) is 0.492. The highest BCUT2D eigenvalue weighted by Gasteiger charge is 2.06. The summed E-state index contributed by atoms with van der Waals surface area (Å²) in [6, 6.07) is 0. The van der Waals surface area contributed by atoms with Gasteiger partial charge in [-0.2, -0.15) is 0 Å². The molecule has 0 unspecified atom stereocenters. The van der Waals surface area contributed by atoms with E-state index in [1.165, 1.54) is 6.92 Å². The number of carbonyl (C=O) groups is 1. The Balaban J connectivity index is 3.29. The Hall–Kier alpha value is 0.550. The molecule has 0 bridgehead atoms. The number of carbonyl (C=O) groups excluding carboxylic acids is 1. The second-order valence-electron chi connectivity index (χ2n) is 1.66. The predicted molar refractivity (Wildman–Crippen MR) is 47.8 cm³/mol. The molecule has 2 N–H and O–H groups in total. The molecule has 0 rings (SSSR count). The highest BCUT2D eigenvalue weighted by Crippen LogP contribution is 2.36. The van der Waals surface area contributed by atoms with E-state index in [-0.39, 0.29) is 11.7 Å². The van der Waals surface area contributed by atoms with Gasteiger partial charge in [0.25, 0.3) is 0 Å². The first-order chi connectivity index (χ1) is 4.92. The Morgan fingerprint density at radius 1 is 1.73 bits per heavy atom. The molecule has 0 amide bonds. The molecular weight excluding hydrogens is 207 g/mol. The van der Waals surface area contributed by atoms with Crippen LogP contribution >= 0.6 is 18.5 Å². The first-order valence-electron chi connectivity index (χ1n) is 2.75. The van der Waals surface area contributed by atoms with Gasteiger partial charge in [0.1, 0.15) is 0 Å². The van der Waals surface area contributed by atoms with Crippen LogP contribution in [0.25, 0.3) is 0 Å². The number of hydrogen-bond acceptors (Lipinski definition) is 4. The van der Waals surface area contributed by atoms with Crippen LogP contribution in [-0.4, -0.2) is 27.3 Å². The summed E-state index contributed by atoms with van der Waals surface area (Å²) in [7, 11) is 0. The zero-order chi connectivity index (χ0) is 8.91. The van der Waals surface area contributed by atoms with Crippen LogP contribution in [0.3, 0.4) is 0 Å². The van der Waals surface area contributed by atoms with E-state index < -0.39 is 6.72 Å². The van der Waals surface area contributed by atoms with E-state index in [0.717, 1.165) is 11.8 Å². The Kier molecular flexibility index (Phi) is 5.50. The Morgan fingerprint density at radius 2 is 2.27 bits per heavy atom. The van der Waals surface area contributed by atoms with Crippen LogP contribution in [0.5, 0.6) is 0 Å². The van der Waals surface area contributed by atoms with Crippen molar-refractivity contribution in [1.29, 1.82) is 0 Å². The lowest BCUT2D eigenvalue weighted by atomic mass is 10.9. The number of hydrogen-bond donors (Lipinski definition) is 2. The van der Waals surface area contributed by atoms with Crippen molar-refractivity contribution < 1.29 is 19.1 Å². The average Bonchev–Trinajstić information content (AvgIpc) is 1.78. The standard InChI is InChI=1S/C4H9O4PS2/c1-4(5)11-3-2-8-9(6,7)10/h2-3H2,1H3,(H2,6,7,10). The van der Waals surface area contributed by atoms with Crippen LogP contribution < -0.4 is 0 Å². The topological polar surface area (TPSA) is 66.8 Å². The molecule has 11 heavy (non-hydrogen) atoms. The Morgan fingerprint density at radius 3 is 2.64 bits per heavy atom. The summed E-state index contributed by atoms with van der Waals surface area (Å²) in [6.07, 6.45) is 0. The van der Waals surface area contributed by atoms with Crippen molar-refractivity contribution in [2.24, 2.45) is 0 Å². The molecule has 66 valence electrons. The lowest BCUT2D eigenvalue weighted by Crippen LogP contribution is -1.96. The molecule has 0 atom stereocenters. The van der Waals surface area contributed by atoms with E-state index in [4.69, 9.17) is 9.79 Å². The third-order valence-electron chi connectivity index (χ3n) is 0.648. The summed E-state index contributed by atoms with van der Waals surface area (Å²) in [5, 5.41) is -0.0298. The van der Waals surface area contributed by atoms with Crippen molar-refractivity contribution >= 4 is 35.4 Å². The summed E-state index contributed by atoms with van der Waals surface area (Å²) in [4.78, 5) is 27.4. The van der Waals surface area contributed by atoms with Crippen LogP contribution in [0.4, 0.5) is 0 Å².